The molecule has 0 aromatic carbocycles. The van der Waals surface area contributed by atoms with E-state index in [-0.39, 0.29) is 5.97 Å². The molecule has 0 saturated carbocycles. The van der Waals surface area contributed by atoms with Crippen molar-refractivity contribution < 1.29 is 14.6 Å². The van der Waals surface area contributed by atoms with Gasteiger partial charge in [0.25, 0.3) is 0 Å². The zero-order valence-electron chi connectivity index (χ0n) is 9.94. The first kappa shape index (κ1) is 13.6. The number of thioether (sulfide) groups is 1. The molecule has 1 rings (SSSR count). The van der Waals surface area contributed by atoms with Crippen LogP contribution in [0.1, 0.15) is 39.5 Å². The van der Waals surface area contributed by atoms with E-state index in [1.165, 1.54) is 6.08 Å². The van der Waals surface area contributed by atoms with E-state index in [1.807, 2.05) is 6.92 Å². The van der Waals surface area contributed by atoms with Gasteiger partial charge in [0.2, 0.25) is 0 Å². The zero-order valence-corrected chi connectivity index (χ0v) is 10.8. The van der Waals surface area contributed by atoms with E-state index in [2.05, 4.69) is 6.92 Å². The lowest BCUT2D eigenvalue weighted by molar-refractivity contribution is -0.142. The molecule has 92 valence electrons. The van der Waals surface area contributed by atoms with Gasteiger partial charge in [0.05, 0.1) is 6.10 Å². The van der Waals surface area contributed by atoms with Crippen molar-refractivity contribution >= 4 is 17.7 Å². The van der Waals surface area contributed by atoms with Crippen molar-refractivity contribution in [2.45, 2.75) is 51.7 Å². The molecule has 0 aliphatic carbocycles. The fraction of sp³-hybridized carbons (Fsp3) is 0.750. The zero-order chi connectivity index (χ0) is 12.0. The molecule has 0 spiro atoms. The van der Waals surface area contributed by atoms with Gasteiger partial charge >= 0.3 is 5.97 Å². The van der Waals surface area contributed by atoms with E-state index < -0.39 is 12.2 Å². The minimum atomic E-state index is -0.553. The monoisotopic (exact) mass is 244 g/mol. The Morgan fingerprint density at radius 1 is 1.50 bits per heavy atom. The molecule has 1 heterocycles. The predicted molar refractivity (Wildman–Crippen MR) is 66.2 cm³/mol. The van der Waals surface area contributed by atoms with Crippen LogP contribution in [0, 0.1) is 0 Å². The van der Waals surface area contributed by atoms with Crippen LogP contribution in [0.2, 0.25) is 0 Å². The maximum atomic E-state index is 11.2. The largest absolute Gasteiger partial charge is 0.451 e. The smallest absolute Gasteiger partial charge is 0.332 e. The summed E-state index contributed by atoms with van der Waals surface area (Å²) in [5.41, 5.74) is 0. The molecule has 1 aliphatic rings. The third-order valence-electron chi connectivity index (χ3n) is 2.55. The molecule has 16 heavy (non-hydrogen) atoms. The maximum Gasteiger partial charge on any atom is 0.332 e. The van der Waals surface area contributed by atoms with E-state index in [9.17, 15) is 9.90 Å². The summed E-state index contributed by atoms with van der Waals surface area (Å²) in [6, 6.07) is 0. The molecule has 1 N–H and O–H groups in total. The Labute approximate surface area is 101 Å². The number of cyclic esters (lactones) is 1. The molecule has 0 amide bonds. The van der Waals surface area contributed by atoms with Crippen LogP contribution in [0.25, 0.3) is 0 Å². The molecule has 0 saturated heterocycles. The standard InChI is InChI=1S/C12H20O3S/c1-3-5-6-7-9(13)12-10(16-4-2)8-11(14)15-12/h8-9,12-13H,3-7H2,1-2H3/t9-,12-/m0/s1. The van der Waals surface area contributed by atoms with Crippen molar-refractivity contribution in [1.29, 1.82) is 0 Å². The molecular formula is C12H20O3S. The number of aliphatic hydroxyl groups is 1. The Balaban J connectivity index is 2.45. The van der Waals surface area contributed by atoms with Crippen LogP contribution in [0.15, 0.2) is 11.0 Å². The summed E-state index contributed by atoms with van der Waals surface area (Å²) in [5.74, 6) is 0.566. The third kappa shape index (κ3) is 3.83. The average Bonchev–Trinajstić information content (AvgIpc) is 2.60. The summed E-state index contributed by atoms with van der Waals surface area (Å²) in [7, 11) is 0. The first-order valence-corrected chi connectivity index (χ1v) is 6.90. The van der Waals surface area contributed by atoms with Gasteiger partial charge in [-0.15, -0.1) is 11.8 Å². The molecular weight excluding hydrogens is 224 g/mol. The van der Waals surface area contributed by atoms with Crippen molar-refractivity contribution in [1.82, 2.24) is 0 Å². The van der Waals surface area contributed by atoms with Crippen LogP contribution in [-0.4, -0.2) is 29.0 Å². The molecule has 0 radical (unpaired) electrons. The van der Waals surface area contributed by atoms with Crippen LogP contribution in [0.5, 0.6) is 0 Å². The Morgan fingerprint density at radius 3 is 2.88 bits per heavy atom. The summed E-state index contributed by atoms with van der Waals surface area (Å²) in [5, 5.41) is 9.96. The molecule has 3 nitrogen and oxygen atoms in total. The number of hydrogen-bond acceptors (Lipinski definition) is 4. The highest BCUT2D eigenvalue weighted by Crippen LogP contribution is 2.30. The Bertz CT molecular complexity index is 263. The van der Waals surface area contributed by atoms with Crippen LogP contribution >= 0.6 is 11.8 Å². The number of carbonyl (C=O) groups excluding carboxylic acids is 1. The Morgan fingerprint density at radius 2 is 2.25 bits per heavy atom. The lowest BCUT2D eigenvalue weighted by Crippen LogP contribution is -2.28. The molecule has 0 aromatic heterocycles. The SMILES string of the molecule is CCCCC[C@H](O)[C@@H]1OC(=O)C=C1SCC. The highest BCUT2D eigenvalue weighted by Gasteiger charge is 2.32. The van der Waals surface area contributed by atoms with Gasteiger partial charge in [-0.1, -0.05) is 33.1 Å². The number of aliphatic hydroxyl groups excluding tert-OH is 1. The lowest BCUT2D eigenvalue weighted by Gasteiger charge is -2.19. The van der Waals surface area contributed by atoms with Gasteiger partial charge in [-0.05, 0) is 12.2 Å². The Kier molecular flexibility index (Phi) is 5.91. The van der Waals surface area contributed by atoms with Crippen LogP contribution in [-0.2, 0) is 9.53 Å². The van der Waals surface area contributed by atoms with Gasteiger partial charge in [-0.25, -0.2) is 4.79 Å². The number of carbonyl (C=O) groups is 1. The second kappa shape index (κ2) is 6.97. The third-order valence-corrected chi connectivity index (χ3v) is 3.52. The first-order valence-electron chi connectivity index (χ1n) is 5.92. The fourth-order valence-corrected chi connectivity index (χ4v) is 2.61. The average molecular weight is 244 g/mol. The van der Waals surface area contributed by atoms with E-state index in [1.54, 1.807) is 11.8 Å². The molecule has 0 fully saturated rings. The summed E-state index contributed by atoms with van der Waals surface area (Å²) < 4.78 is 5.12. The van der Waals surface area contributed by atoms with Crippen molar-refractivity contribution in [2.24, 2.45) is 0 Å². The van der Waals surface area contributed by atoms with E-state index in [0.717, 1.165) is 29.9 Å². The normalized spacial score (nSPS) is 21.8. The molecule has 2 atom stereocenters. The van der Waals surface area contributed by atoms with Gasteiger partial charge in [0.15, 0.2) is 6.10 Å². The van der Waals surface area contributed by atoms with Gasteiger partial charge in [0.1, 0.15) is 0 Å². The summed E-state index contributed by atoms with van der Waals surface area (Å²) in [4.78, 5) is 12.0. The highest BCUT2D eigenvalue weighted by atomic mass is 32.2. The molecule has 4 heteroatoms. The van der Waals surface area contributed by atoms with Gasteiger partial charge < -0.3 is 9.84 Å². The lowest BCUT2D eigenvalue weighted by atomic mass is 10.1. The molecule has 0 aromatic rings. The van der Waals surface area contributed by atoms with Crippen LogP contribution in [0.4, 0.5) is 0 Å². The maximum absolute atomic E-state index is 11.2. The topological polar surface area (TPSA) is 46.5 Å². The van der Waals surface area contributed by atoms with Crippen LogP contribution in [0.3, 0.4) is 0 Å². The predicted octanol–water partition coefficient (Wildman–Crippen LogP) is 2.49. The second-order valence-electron chi connectivity index (χ2n) is 3.90. The minimum absolute atomic E-state index is 0.324. The quantitative estimate of drug-likeness (QED) is 0.552. The van der Waals surface area contributed by atoms with E-state index in [4.69, 9.17) is 4.74 Å². The highest BCUT2D eigenvalue weighted by molar-refractivity contribution is 8.03. The number of rotatable bonds is 7. The molecule has 1 aliphatic heterocycles. The van der Waals surface area contributed by atoms with Gasteiger partial charge in [-0.3, -0.25) is 0 Å². The van der Waals surface area contributed by atoms with Gasteiger partial charge in [0, 0.05) is 11.0 Å². The summed E-state index contributed by atoms with van der Waals surface area (Å²) >= 11 is 1.57. The van der Waals surface area contributed by atoms with Crippen LogP contribution < -0.4 is 0 Å². The Hall–Kier alpha value is -0.480. The molecule has 0 unspecified atom stereocenters. The number of unbranched alkanes of at least 4 members (excludes halogenated alkanes) is 2. The summed E-state index contributed by atoms with van der Waals surface area (Å²) in [6.07, 6.45) is 4.45. The fourth-order valence-electron chi connectivity index (χ4n) is 1.73. The van der Waals surface area contributed by atoms with Crippen molar-refractivity contribution in [3.05, 3.63) is 11.0 Å². The summed E-state index contributed by atoms with van der Waals surface area (Å²) in [6.45, 7) is 4.15. The number of esters is 1. The van der Waals surface area contributed by atoms with Crippen molar-refractivity contribution in [3.8, 4) is 0 Å². The van der Waals surface area contributed by atoms with Gasteiger partial charge in [-0.2, -0.15) is 0 Å². The second-order valence-corrected chi connectivity index (χ2v) is 5.24. The van der Waals surface area contributed by atoms with Crippen molar-refractivity contribution in [2.75, 3.05) is 5.75 Å². The minimum Gasteiger partial charge on any atom is -0.451 e. The number of hydrogen-bond donors (Lipinski definition) is 1. The number of ether oxygens (including phenoxy) is 1. The first-order chi connectivity index (χ1) is 7.69. The van der Waals surface area contributed by atoms with E-state index in [0.29, 0.717) is 6.42 Å². The van der Waals surface area contributed by atoms with E-state index >= 15 is 0 Å². The molecule has 0 bridgehead atoms. The van der Waals surface area contributed by atoms with Crippen molar-refractivity contribution in [3.63, 3.8) is 0 Å².